The highest BCUT2D eigenvalue weighted by molar-refractivity contribution is 7.91. The molecule has 0 aliphatic carbocycles. The fourth-order valence-electron chi connectivity index (χ4n) is 3.53. The zero-order valence-electron chi connectivity index (χ0n) is 16.1. The number of benzene rings is 1. The van der Waals surface area contributed by atoms with Gasteiger partial charge in [0.15, 0.2) is 0 Å². The zero-order valence-corrected chi connectivity index (χ0v) is 17.7. The van der Waals surface area contributed by atoms with Gasteiger partial charge in [-0.1, -0.05) is 12.1 Å². The van der Waals surface area contributed by atoms with Crippen molar-refractivity contribution in [3.8, 4) is 0 Å². The monoisotopic (exact) mass is 432 g/mol. The van der Waals surface area contributed by atoms with E-state index in [9.17, 15) is 13.2 Å². The number of nitrogens with one attached hydrogen (secondary N) is 1. The van der Waals surface area contributed by atoms with Crippen molar-refractivity contribution in [1.29, 1.82) is 0 Å². The average molecular weight is 433 g/mol. The molecule has 1 aliphatic rings. The third kappa shape index (κ3) is 4.52. The largest absolute Gasteiger partial charge is 0.356 e. The molecule has 0 spiro atoms. The van der Waals surface area contributed by atoms with Crippen LogP contribution in [-0.4, -0.2) is 47.8 Å². The molecule has 0 saturated carbocycles. The minimum atomic E-state index is -3.41. The van der Waals surface area contributed by atoms with Gasteiger partial charge in [-0.05, 0) is 43.5 Å². The maximum Gasteiger partial charge on any atom is 0.252 e. The van der Waals surface area contributed by atoms with Crippen LogP contribution >= 0.6 is 11.3 Å². The van der Waals surface area contributed by atoms with E-state index in [1.807, 2.05) is 30.6 Å². The lowest BCUT2D eigenvalue weighted by Gasteiger charge is -2.13. The van der Waals surface area contributed by atoms with Crippen LogP contribution in [-0.2, 0) is 27.8 Å². The van der Waals surface area contributed by atoms with Crippen LogP contribution in [0, 0.1) is 0 Å². The molecule has 154 valence electrons. The van der Waals surface area contributed by atoms with E-state index in [0.29, 0.717) is 23.8 Å². The quantitative estimate of drug-likeness (QED) is 0.555. The molecule has 1 amide bonds. The topological polar surface area (TPSA) is 84.3 Å². The minimum Gasteiger partial charge on any atom is -0.356 e. The van der Waals surface area contributed by atoms with Crippen LogP contribution in [0.15, 0.2) is 46.9 Å². The van der Waals surface area contributed by atoms with Gasteiger partial charge in [-0.25, -0.2) is 13.4 Å². The molecule has 3 heterocycles. The lowest BCUT2D eigenvalue weighted by molar-refractivity contribution is -0.120. The van der Waals surface area contributed by atoms with Crippen molar-refractivity contribution in [2.75, 3.05) is 19.6 Å². The number of nitrogens with zero attached hydrogens (tertiary/aromatic N) is 3. The molecule has 29 heavy (non-hydrogen) atoms. The highest BCUT2D eigenvalue weighted by atomic mass is 32.2. The number of carbonyl (C=O) groups is 1. The Morgan fingerprint density at radius 2 is 1.93 bits per heavy atom. The Labute approximate surface area is 174 Å². The standard InChI is InChI=1S/C20H24N4O3S2/c25-19(21-10-5-11-23-15-22-17-6-1-2-7-18(17)23)14-16-8-9-20(28-16)29(26,27)24-12-3-4-13-24/h1-2,6-9,15H,3-5,10-14H2,(H,21,25). The summed E-state index contributed by atoms with van der Waals surface area (Å²) < 4.78 is 29.1. The number of sulfonamides is 1. The SMILES string of the molecule is O=C(Cc1ccc(S(=O)(=O)N2CCCC2)s1)NCCCn1cnc2ccccc21. The van der Waals surface area contributed by atoms with Crippen LogP contribution in [0.4, 0.5) is 0 Å². The summed E-state index contributed by atoms with van der Waals surface area (Å²) in [5.74, 6) is -0.0903. The van der Waals surface area contributed by atoms with Crippen LogP contribution < -0.4 is 5.32 Å². The van der Waals surface area contributed by atoms with Crippen molar-refractivity contribution in [2.24, 2.45) is 0 Å². The van der Waals surface area contributed by atoms with Gasteiger partial charge in [0.1, 0.15) is 4.21 Å². The molecule has 1 saturated heterocycles. The smallest absolute Gasteiger partial charge is 0.252 e. The second-order valence-electron chi connectivity index (χ2n) is 7.14. The first-order valence-corrected chi connectivity index (χ1v) is 12.0. The van der Waals surface area contributed by atoms with E-state index in [1.165, 1.54) is 15.6 Å². The number of imidazole rings is 1. The number of carbonyl (C=O) groups excluding carboxylic acids is 1. The molecule has 1 N–H and O–H groups in total. The fourth-order valence-corrected chi connectivity index (χ4v) is 6.56. The highest BCUT2D eigenvalue weighted by Gasteiger charge is 2.28. The summed E-state index contributed by atoms with van der Waals surface area (Å²) in [6.07, 6.45) is 4.64. The molecule has 0 atom stereocenters. The maximum absolute atomic E-state index is 12.6. The number of thiophene rings is 1. The molecule has 1 aliphatic heterocycles. The Morgan fingerprint density at radius 3 is 2.76 bits per heavy atom. The van der Waals surface area contributed by atoms with Crippen molar-refractivity contribution in [3.05, 3.63) is 47.6 Å². The van der Waals surface area contributed by atoms with Crippen LogP contribution in [0.25, 0.3) is 11.0 Å². The molecule has 0 bridgehead atoms. The predicted molar refractivity (Wildman–Crippen MR) is 113 cm³/mol. The fraction of sp³-hybridized carbons (Fsp3) is 0.400. The van der Waals surface area contributed by atoms with E-state index in [-0.39, 0.29) is 12.3 Å². The molecule has 1 aromatic carbocycles. The lowest BCUT2D eigenvalue weighted by atomic mass is 10.3. The van der Waals surface area contributed by atoms with Crippen LogP contribution in [0.1, 0.15) is 24.1 Å². The van der Waals surface area contributed by atoms with E-state index in [4.69, 9.17) is 0 Å². The minimum absolute atomic E-state index is 0.0903. The normalized spacial score (nSPS) is 15.2. The summed E-state index contributed by atoms with van der Waals surface area (Å²) in [6.45, 7) is 2.51. The molecule has 0 unspecified atom stereocenters. The summed E-state index contributed by atoms with van der Waals surface area (Å²) in [5.41, 5.74) is 2.05. The van der Waals surface area contributed by atoms with Crippen molar-refractivity contribution in [2.45, 2.75) is 36.4 Å². The van der Waals surface area contributed by atoms with E-state index < -0.39 is 10.0 Å². The number of hydrogen-bond donors (Lipinski definition) is 1. The average Bonchev–Trinajstić information content (AvgIpc) is 3.46. The number of fused-ring (bicyclic) bond motifs is 1. The first-order valence-electron chi connectivity index (χ1n) is 9.79. The van der Waals surface area contributed by atoms with Gasteiger partial charge in [0.2, 0.25) is 5.91 Å². The molecule has 9 heteroatoms. The summed E-state index contributed by atoms with van der Waals surface area (Å²) >= 11 is 1.19. The molecule has 4 rings (SSSR count). The van der Waals surface area contributed by atoms with Crippen LogP contribution in [0.5, 0.6) is 0 Å². The van der Waals surface area contributed by atoms with Gasteiger partial charge in [-0.3, -0.25) is 4.79 Å². The second kappa shape index (κ2) is 8.64. The number of rotatable bonds is 8. The second-order valence-corrected chi connectivity index (χ2v) is 10.5. The predicted octanol–water partition coefficient (Wildman–Crippen LogP) is 2.63. The van der Waals surface area contributed by atoms with Gasteiger partial charge < -0.3 is 9.88 Å². The van der Waals surface area contributed by atoms with Gasteiger partial charge >= 0.3 is 0 Å². The van der Waals surface area contributed by atoms with Crippen molar-refractivity contribution in [3.63, 3.8) is 0 Å². The Morgan fingerprint density at radius 1 is 1.14 bits per heavy atom. The number of aryl methyl sites for hydroxylation is 1. The molecule has 1 fully saturated rings. The van der Waals surface area contributed by atoms with Crippen LogP contribution in [0.2, 0.25) is 0 Å². The summed E-state index contributed by atoms with van der Waals surface area (Å²) in [5, 5.41) is 2.92. The summed E-state index contributed by atoms with van der Waals surface area (Å²) in [4.78, 5) is 17.3. The number of aromatic nitrogens is 2. The maximum atomic E-state index is 12.6. The van der Waals surface area contributed by atoms with Crippen molar-refractivity contribution < 1.29 is 13.2 Å². The zero-order chi connectivity index (χ0) is 20.3. The molecular formula is C20H24N4O3S2. The first kappa shape index (κ1) is 20.1. The molecule has 3 aromatic rings. The highest BCUT2D eigenvalue weighted by Crippen LogP contribution is 2.27. The molecular weight excluding hydrogens is 408 g/mol. The Balaban J connectivity index is 1.25. The number of hydrogen-bond acceptors (Lipinski definition) is 5. The Bertz CT molecular complexity index is 1100. The molecule has 0 radical (unpaired) electrons. The van der Waals surface area contributed by atoms with E-state index >= 15 is 0 Å². The molecule has 2 aromatic heterocycles. The van der Waals surface area contributed by atoms with Crippen molar-refractivity contribution in [1.82, 2.24) is 19.2 Å². The number of para-hydroxylation sites is 2. The van der Waals surface area contributed by atoms with Gasteiger partial charge in [0, 0.05) is 31.1 Å². The van der Waals surface area contributed by atoms with Gasteiger partial charge in [0.05, 0.1) is 23.8 Å². The third-order valence-electron chi connectivity index (χ3n) is 5.06. The molecule has 7 nitrogen and oxygen atoms in total. The first-order chi connectivity index (χ1) is 14.0. The van der Waals surface area contributed by atoms with E-state index in [1.54, 1.807) is 12.1 Å². The van der Waals surface area contributed by atoms with Crippen LogP contribution in [0.3, 0.4) is 0 Å². The number of amides is 1. The van der Waals surface area contributed by atoms with Gasteiger partial charge in [0.25, 0.3) is 10.0 Å². The third-order valence-corrected chi connectivity index (χ3v) is 8.51. The Kier molecular flexibility index (Phi) is 5.98. The summed E-state index contributed by atoms with van der Waals surface area (Å²) in [7, 11) is -3.41. The van der Waals surface area contributed by atoms with Gasteiger partial charge in [-0.2, -0.15) is 4.31 Å². The van der Waals surface area contributed by atoms with E-state index in [2.05, 4.69) is 14.9 Å². The van der Waals surface area contributed by atoms with Crippen molar-refractivity contribution >= 4 is 38.3 Å². The summed E-state index contributed by atoms with van der Waals surface area (Å²) in [6, 6.07) is 11.3. The lowest BCUT2D eigenvalue weighted by Crippen LogP contribution is -2.27. The Hall–Kier alpha value is -2.23. The van der Waals surface area contributed by atoms with E-state index in [0.717, 1.165) is 41.7 Å². The van der Waals surface area contributed by atoms with Gasteiger partial charge in [-0.15, -0.1) is 11.3 Å².